The van der Waals surface area contributed by atoms with Gasteiger partial charge in [0.2, 0.25) is 0 Å². The van der Waals surface area contributed by atoms with Crippen molar-refractivity contribution in [1.82, 2.24) is 5.32 Å². The Labute approximate surface area is 139 Å². The Morgan fingerprint density at radius 3 is 1.91 bits per heavy atom. The standard InChI is InChI=1S/C20H39NO/c1-2-3-4-5-6-7-8-9-10-11-12-13-14-15-16-17-18-21-19-20-22/h6-7,9-10,21-22H,2-5,8,11-20H2,1H3. The molecule has 0 atom stereocenters. The number of rotatable bonds is 17. The van der Waals surface area contributed by atoms with E-state index in [1.807, 2.05) is 0 Å². The van der Waals surface area contributed by atoms with Crippen LogP contribution in [-0.2, 0) is 0 Å². The smallest absolute Gasteiger partial charge is 0.0555 e. The first-order valence-electron chi connectivity index (χ1n) is 9.53. The van der Waals surface area contributed by atoms with E-state index in [4.69, 9.17) is 5.11 Å². The minimum atomic E-state index is 0.252. The Morgan fingerprint density at radius 1 is 0.682 bits per heavy atom. The van der Waals surface area contributed by atoms with Crippen LogP contribution in [0.2, 0.25) is 0 Å². The van der Waals surface area contributed by atoms with Gasteiger partial charge in [-0.3, -0.25) is 0 Å². The van der Waals surface area contributed by atoms with Crippen LogP contribution in [0.5, 0.6) is 0 Å². The lowest BCUT2D eigenvalue weighted by atomic mass is 10.1. The first-order chi connectivity index (χ1) is 10.9. The first-order valence-corrected chi connectivity index (χ1v) is 9.53. The molecule has 22 heavy (non-hydrogen) atoms. The number of nitrogens with one attached hydrogen (secondary N) is 1. The van der Waals surface area contributed by atoms with Crippen LogP contribution < -0.4 is 5.32 Å². The van der Waals surface area contributed by atoms with Crippen LogP contribution in [0.4, 0.5) is 0 Å². The van der Waals surface area contributed by atoms with E-state index < -0.39 is 0 Å². The third kappa shape index (κ3) is 19.4. The van der Waals surface area contributed by atoms with Crippen molar-refractivity contribution in [3.8, 4) is 0 Å². The average molecular weight is 310 g/mol. The first kappa shape index (κ1) is 21.4. The van der Waals surface area contributed by atoms with Gasteiger partial charge in [-0.2, -0.15) is 0 Å². The summed E-state index contributed by atoms with van der Waals surface area (Å²) in [7, 11) is 0. The number of hydrogen-bond acceptors (Lipinski definition) is 2. The third-order valence-corrected chi connectivity index (χ3v) is 3.84. The molecule has 0 aromatic carbocycles. The molecule has 0 heterocycles. The zero-order valence-corrected chi connectivity index (χ0v) is 14.9. The molecule has 0 aliphatic heterocycles. The molecule has 2 heteroatoms. The number of aliphatic hydroxyl groups is 1. The van der Waals surface area contributed by atoms with Gasteiger partial charge in [0.05, 0.1) is 6.61 Å². The van der Waals surface area contributed by atoms with Crippen LogP contribution in [0.3, 0.4) is 0 Å². The molecule has 2 nitrogen and oxygen atoms in total. The highest BCUT2D eigenvalue weighted by Gasteiger charge is 1.91. The third-order valence-electron chi connectivity index (χ3n) is 3.84. The quantitative estimate of drug-likeness (QED) is 0.279. The van der Waals surface area contributed by atoms with Crippen LogP contribution >= 0.6 is 0 Å². The lowest BCUT2D eigenvalue weighted by molar-refractivity contribution is 0.292. The van der Waals surface area contributed by atoms with Gasteiger partial charge in [-0.1, -0.05) is 69.8 Å². The summed E-state index contributed by atoms with van der Waals surface area (Å²) in [6.07, 6.45) is 24.9. The summed E-state index contributed by atoms with van der Waals surface area (Å²) in [6, 6.07) is 0. The van der Waals surface area contributed by atoms with Crippen molar-refractivity contribution in [3.63, 3.8) is 0 Å². The van der Waals surface area contributed by atoms with Crippen LogP contribution in [0, 0.1) is 0 Å². The van der Waals surface area contributed by atoms with Crippen molar-refractivity contribution >= 4 is 0 Å². The molecule has 0 amide bonds. The van der Waals surface area contributed by atoms with Gasteiger partial charge in [0.15, 0.2) is 0 Å². The Kier molecular flexibility index (Phi) is 19.8. The van der Waals surface area contributed by atoms with E-state index in [2.05, 4.69) is 36.5 Å². The van der Waals surface area contributed by atoms with Gasteiger partial charge < -0.3 is 10.4 Å². The Balaban J connectivity index is 3.11. The minimum Gasteiger partial charge on any atom is -0.395 e. The molecule has 0 aliphatic rings. The molecular weight excluding hydrogens is 270 g/mol. The molecule has 0 bridgehead atoms. The lowest BCUT2D eigenvalue weighted by Gasteiger charge is -2.02. The van der Waals surface area contributed by atoms with Crippen LogP contribution in [0.15, 0.2) is 24.3 Å². The lowest BCUT2D eigenvalue weighted by Crippen LogP contribution is -2.19. The Morgan fingerprint density at radius 2 is 1.27 bits per heavy atom. The molecule has 0 saturated carbocycles. The number of hydrogen-bond donors (Lipinski definition) is 2. The fraction of sp³-hybridized carbons (Fsp3) is 0.800. The summed E-state index contributed by atoms with van der Waals surface area (Å²) in [6.45, 7) is 4.29. The topological polar surface area (TPSA) is 32.3 Å². The van der Waals surface area contributed by atoms with Gasteiger partial charge in [0.25, 0.3) is 0 Å². The van der Waals surface area contributed by atoms with Gasteiger partial charge in [0, 0.05) is 6.54 Å². The number of allylic oxidation sites excluding steroid dienone is 4. The second-order valence-electron chi connectivity index (χ2n) is 6.06. The predicted octanol–water partition coefficient (Wildman–Crippen LogP) is 5.38. The van der Waals surface area contributed by atoms with Gasteiger partial charge in [-0.25, -0.2) is 0 Å². The van der Waals surface area contributed by atoms with E-state index >= 15 is 0 Å². The van der Waals surface area contributed by atoms with Crippen LogP contribution in [-0.4, -0.2) is 24.8 Å². The van der Waals surface area contributed by atoms with Gasteiger partial charge in [0.1, 0.15) is 0 Å². The van der Waals surface area contributed by atoms with E-state index in [0.29, 0.717) is 0 Å². The normalized spacial score (nSPS) is 11.9. The van der Waals surface area contributed by atoms with Gasteiger partial charge in [-0.15, -0.1) is 0 Å². The molecule has 0 unspecified atom stereocenters. The molecule has 2 N–H and O–H groups in total. The molecule has 0 fully saturated rings. The van der Waals surface area contributed by atoms with Gasteiger partial charge >= 0.3 is 0 Å². The zero-order chi connectivity index (χ0) is 16.1. The number of aliphatic hydroxyl groups excluding tert-OH is 1. The molecule has 0 aromatic heterocycles. The fourth-order valence-corrected chi connectivity index (χ4v) is 2.44. The number of unbranched alkanes of at least 4 members (excludes halogenated alkanes) is 9. The van der Waals surface area contributed by atoms with Crippen molar-refractivity contribution in [2.75, 3.05) is 19.7 Å². The van der Waals surface area contributed by atoms with Gasteiger partial charge in [-0.05, 0) is 45.1 Å². The van der Waals surface area contributed by atoms with E-state index in [9.17, 15) is 0 Å². The summed E-state index contributed by atoms with van der Waals surface area (Å²) in [5.74, 6) is 0. The summed E-state index contributed by atoms with van der Waals surface area (Å²) < 4.78 is 0. The van der Waals surface area contributed by atoms with E-state index in [1.54, 1.807) is 0 Å². The largest absolute Gasteiger partial charge is 0.395 e. The molecular formula is C20H39NO. The van der Waals surface area contributed by atoms with Crippen molar-refractivity contribution in [2.24, 2.45) is 0 Å². The molecule has 0 spiro atoms. The van der Waals surface area contributed by atoms with Crippen molar-refractivity contribution in [1.29, 1.82) is 0 Å². The summed E-state index contributed by atoms with van der Waals surface area (Å²) in [4.78, 5) is 0. The predicted molar refractivity (Wildman–Crippen MR) is 99.3 cm³/mol. The molecule has 0 rings (SSSR count). The monoisotopic (exact) mass is 309 g/mol. The molecule has 0 saturated heterocycles. The highest BCUT2D eigenvalue weighted by atomic mass is 16.3. The van der Waals surface area contributed by atoms with E-state index in [1.165, 1.54) is 70.6 Å². The maximum Gasteiger partial charge on any atom is 0.0555 e. The summed E-state index contributed by atoms with van der Waals surface area (Å²) in [5.41, 5.74) is 0. The minimum absolute atomic E-state index is 0.252. The maximum atomic E-state index is 8.63. The summed E-state index contributed by atoms with van der Waals surface area (Å²) in [5, 5.41) is 11.8. The SMILES string of the molecule is CCCCCC=CCC=CCCCCCCCCNCCO. The maximum absolute atomic E-state index is 8.63. The van der Waals surface area contributed by atoms with E-state index in [0.717, 1.165) is 19.5 Å². The second-order valence-corrected chi connectivity index (χ2v) is 6.06. The van der Waals surface area contributed by atoms with Crippen LogP contribution in [0.25, 0.3) is 0 Å². The highest BCUT2D eigenvalue weighted by molar-refractivity contribution is 4.92. The molecule has 0 aromatic rings. The van der Waals surface area contributed by atoms with Crippen LogP contribution in [0.1, 0.15) is 84.0 Å². The second kappa shape index (κ2) is 20.4. The Bertz CT molecular complexity index is 248. The average Bonchev–Trinajstić information content (AvgIpc) is 2.54. The summed E-state index contributed by atoms with van der Waals surface area (Å²) >= 11 is 0. The molecule has 130 valence electrons. The highest BCUT2D eigenvalue weighted by Crippen LogP contribution is 2.07. The molecule has 0 radical (unpaired) electrons. The molecule has 0 aliphatic carbocycles. The van der Waals surface area contributed by atoms with Crippen molar-refractivity contribution in [3.05, 3.63) is 24.3 Å². The Hall–Kier alpha value is -0.600. The fourth-order valence-electron chi connectivity index (χ4n) is 2.44. The zero-order valence-electron chi connectivity index (χ0n) is 14.9. The van der Waals surface area contributed by atoms with E-state index in [-0.39, 0.29) is 6.61 Å². The van der Waals surface area contributed by atoms with Crippen molar-refractivity contribution < 1.29 is 5.11 Å². The van der Waals surface area contributed by atoms with Crippen molar-refractivity contribution in [2.45, 2.75) is 84.0 Å².